The van der Waals surface area contributed by atoms with Crippen LogP contribution in [0.15, 0.2) is 84.9 Å². The number of piperidine rings is 1. The van der Waals surface area contributed by atoms with Gasteiger partial charge in [0.2, 0.25) is 47.3 Å². The van der Waals surface area contributed by atoms with Gasteiger partial charge in [0.1, 0.15) is 72.5 Å². The van der Waals surface area contributed by atoms with Crippen LogP contribution in [0.4, 0.5) is 0 Å². The normalized spacial score (nSPS) is 24.2. The van der Waals surface area contributed by atoms with E-state index in [-0.39, 0.29) is 37.9 Å². The van der Waals surface area contributed by atoms with Gasteiger partial charge in [-0.3, -0.25) is 38.4 Å². The number of carbonyl (C=O) groups is 9. The molecule has 2 aliphatic heterocycles. The van der Waals surface area contributed by atoms with Gasteiger partial charge in [0.15, 0.2) is 0 Å². The number of carbonyl (C=O) groups excluding carboxylic acids is 9. The summed E-state index contributed by atoms with van der Waals surface area (Å²) < 4.78 is 5.87. The first-order valence-corrected chi connectivity index (χ1v) is 26.6. The van der Waals surface area contributed by atoms with Crippen LogP contribution in [0.2, 0.25) is 0 Å². The number of amides is 8. The van der Waals surface area contributed by atoms with Crippen LogP contribution in [0.5, 0.6) is 5.75 Å². The van der Waals surface area contributed by atoms with E-state index in [9.17, 15) is 63.9 Å². The van der Waals surface area contributed by atoms with Gasteiger partial charge in [-0.2, -0.15) is 0 Å². The second-order valence-electron chi connectivity index (χ2n) is 20.5. The van der Waals surface area contributed by atoms with Crippen molar-refractivity contribution in [1.82, 2.24) is 41.7 Å². The Morgan fingerprint density at radius 2 is 1.33 bits per heavy atom. The zero-order valence-corrected chi connectivity index (χ0v) is 45.4. The van der Waals surface area contributed by atoms with Crippen LogP contribution in [-0.2, 0) is 67.2 Å². The zero-order valence-electron chi connectivity index (χ0n) is 45.4. The lowest BCUT2D eigenvalue weighted by Crippen LogP contribution is -2.65. The molecular formula is C56H76N8O15. The van der Waals surface area contributed by atoms with E-state index in [0.717, 1.165) is 9.80 Å². The molecule has 0 aliphatic carbocycles. The number of phenolic OH excluding ortho intramolecular Hbond substituents is 1. The number of hydrogen-bond acceptors (Lipinski definition) is 15. The molecule has 5 rings (SSSR count). The van der Waals surface area contributed by atoms with Crippen molar-refractivity contribution in [2.75, 3.05) is 20.3 Å². The minimum Gasteiger partial charge on any atom is -0.508 e. The summed E-state index contributed by atoms with van der Waals surface area (Å²) in [6, 6.07) is 11.0. The number of nitrogens with one attached hydrogen (secondary N) is 6. The van der Waals surface area contributed by atoms with Crippen molar-refractivity contribution in [1.29, 1.82) is 0 Å². The molecule has 12 atom stereocenters. The SMILES string of the molecule is CCC(C)[C@H](NC(=O)C(O)Cc1ccc(O)cc1)C(=O)NC(CCO)C(=O)N[C@@H]1C(=O)NC(CCO)C(=O)NC2CCC(O)N(C2=O)[C@@H](Cc2ccccc2)C(=O)N(C)C(Cc2ccccc2)C(=O)N[C@@H](C(C)C)C(=O)O[C@@H]1C. The molecule has 0 saturated carbocycles. The van der Waals surface area contributed by atoms with Crippen molar-refractivity contribution in [2.45, 2.75) is 153 Å². The number of fused-ring (bicyclic) bond motifs is 2. The quantitative estimate of drug-likeness (QED) is 0.0658. The van der Waals surface area contributed by atoms with E-state index >= 15 is 4.79 Å². The van der Waals surface area contributed by atoms with E-state index in [1.165, 1.54) is 38.2 Å². The van der Waals surface area contributed by atoms with Crippen molar-refractivity contribution in [3.8, 4) is 5.75 Å². The third kappa shape index (κ3) is 17.0. The van der Waals surface area contributed by atoms with Gasteiger partial charge in [0.05, 0.1) is 0 Å². The largest absolute Gasteiger partial charge is 0.508 e. The predicted molar refractivity (Wildman–Crippen MR) is 285 cm³/mol. The van der Waals surface area contributed by atoms with E-state index in [1.54, 1.807) is 88.4 Å². The summed E-state index contributed by atoms with van der Waals surface area (Å²) in [6.45, 7) is 6.44. The van der Waals surface area contributed by atoms with E-state index in [2.05, 4.69) is 31.9 Å². The van der Waals surface area contributed by atoms with Crippen LogP contribution < -0.4 is 31.9 Å². The minimum atomic E-state index is -1.91. The first kappa shape index (κ1) is 62.4. The van der Waals surface area contributed by atoms with Crippen LogP contribution in [0.25, 0.3) is 0 Å². The number of benzene rings is 3. The van der Waals surface area contributed by atoms with Crippen molar-refractivity contribution in [3.63, 3.8) is 0 Å². The van der Waals surface area contributed by atoms with Crippen LogP contribution >= 0.6 is 0 Å². The first-order chi connectivity index (χ1) is 37.6. The number of phenols is 1. The van der Waals surface area contributed by atoms with Crippen LogP contribution in [-0.4, -0.2) is 176 Å². The molecule has 3 aromatic rings. The van der Waals surface area contributed by atoms with Gasteiger partial charge in [0.25, 0.3) is 0 Å². The molecule has 23 heteroatoms. The van der Waals surface area contributed by atoms with Gasteiger partial charge < -0.3 is 72.0 Å². The maximum atomic E-state index is 15.0. The number of rotatable bonds is 19. The van der Waals surface area contributed by atoms with Gasteiger partial charge in [-0.25, -0.2) is 4.79 Å². The molecule has 2 heterocycles. The summed E-state index contributed by atoms with van der Waals surface area (Å²) in [4.78, 5) is 131. The van der Waals surface area contributed by atoms with Crippen LogP contribution in [0.3, 0.4) is 0 Å². The number of aliphatic hydroxyl groups excluding tert-OH is 4. The Balaban J connectivity index is 1.52. The number of nitrogens with zero attached hydrogens (tertiary/aromatic N) is 2. The lowest BCUT2D eigenvalue weighted by molar-refractivity contribution is -0.165. The number of cyclic esters (lactones) is 1. The second-order valence-corrected chi connectivity index (χ2v) is 20.5. The van der Waals surface area contributed by atoms with Gasteiger partial charge in [-0.05, 0) is 73.3 Å². The number of aromatic hydroxyl groups is 1. The molecule has 0 aromatic heterocycles. The molecule has 0 radical (unpaired) electrons. The fourth-order valence-electron chi connectivity index (χ4n) is 9.39. The molecule has 2 aliphatic rings. The van der Waals surface area contributed by atoms with E-state index in [4.69, 9.17) is 4.74 Å². The average molecular weight is 1100 g/mol. The number of hydrogen-bond donors (Lipinski definition) is 11. The van der Waals surface area contributed by atoms with Gasteiger partial charge in [-0.15, -0.1) is 0 Å². The molecule has 3 aromatic carbocycles. The summed E-state index contributed by atoms with van der Waals surface area (Å²) in [5.74, 6) is -9.90. The predicted octanol–water partition coefficient (Wildman–Crippen LogP) is -0.762. The Kier molecular flexibility index (Phi) is 23.3. The molecule has 2 bridgehead atoms. The minimum absolute atomic E-state index is 0.0253. The molecule has 2 saturated heterocycles. The molecule has 79 heavy (non-hydrogen) atoms. The zero-order chi connectivity index (χ0) is 58.1. The smallest absolute Gasteiger partial charge is 0.329 e. The number of esters is 1. The van der Waals surface area contributed by atoms with E-state index in [1.807, 2.05) is 0 Å². The maximum Gasteiger partial charge on any atom is 0.329 e. The highest BCUT2D eigenvalue weighted by atomic mass is 16.5. The summed E-state index contributed by atoms with van der Waals surface area (Å²) in [5.41, 5.74) is 1.72. The maximum absolute atomic E-state index is 15.0. The second kappa shape index (κ2) is 29.5. The highest BCUT2D eigenvalue weighted by Crippen LogP contribution is 2.26. The van der Waals surface area contributed by atoms with Crippen molar-refractivity contribution in [2.24, 2.45) is 11.8 Å². The number of likely N-dealkylation sites (N-methyl/N-ethyl adjacent to an activating group) is 1. The van der Waals surface area contributed by atoms with Crippen molar-refractivity contribution >= 4 is 53.2 Å². The molecule has 23 nitrogen and oxygen atoms in total. The molecule has 8 amide bonds. The van der Waals surface area contributed by atoms with E-state index < -0.39 is 158 Å². The number of aliphatic hydroxyl groups is 4. The monoisotopic (exact) mass is 1100 g/mol. The van der Waals surface area contributed by atoms with Gasteiger partial charge >= 0.3 is 5.97 Å². The standard InChI is InChI=1S/C56H76N8O15/c1-7-32(4)46(61-51(73)43(68)30-36-18-20-37(67)21-19-36)52(74)57-39(25-27-66)49(71)62-47-33(5)79-56(78)45(31(2)3)60-50(72)41(28-34-14-10-8-11-15-34)63(6)55(77)42(29-35-16-12-9-13-17-35)64-44(69)23-22-40(54(64)76)59-48(70)38(24-26-65)58-53(47)75/h8-21,31-33,38-47,65-69H,7,22-30H2,1-6H3,(H,57,74)(H,58,75)(H,59,70)(H,60,72)(H,61,73)(H,62,71)/t32?,33-,38?,39?,40?,41?,42+,43?,44?,45+,46+,47+/m1/s1. The Morgan fingerprint density at radius 3 is 1.90 bits per heavy atom. The molecule has 2 fully saturated rings. The summed E-state index contributed by atoms with van der Waals surface area (Å²) >= 11 is 0. The summed E-state index contributed by atoms with van der Waals surface area (Å²) in [6.07, 6.45) is -5.99. The molecular weight excluding hydrogens is 1020 g/mol. The van der Waals surface area contributed by atoms with Crippen LogP contribution in [0, 0.1) is 11.8 Å². The summed E-state index contributed by atoms with van der Waals surface area (Å²) in [5, 5.41) is 67.6. The Hall–Kier alpha value is -7.47. The molecule has 0 spiro atoms. The summed E-state index contributed by atoms with van der Waals surface area (Å²) in [7, 11) is 1.36. The molecule has 11 N–H and O–H groups in total. The third-order valence-corrected chi connectivity index (χ3v) is 14.3. The van der Waals surface area contributed by atoms with Crippen molar-refractivity contribution in [3.05, 3.63) is 102 Å². The Bertz CT molecular complexity index is 2570. The fourth-order valence-corrected chi connectivity index (χ4v) is 9.39. The van der Waals surface area contributed by atoms with Crippen LogP contribution in [0.1, 0.15) is 83.4 Å². The van der Waals surface area contributed by atoms with Gasteiger partial charge in [-0.1, -0.05) is 107 Å². The number of ether oxygens (including phenoxy) is 1. The fraction of sp³-hybridized carbons (Fsp3) is 0.518. The first-order valence-electron chi connectivity index (χ1n) is 26.6. The third-order valence-electron chi connectivity index (χ3n) is 14.3. The topological polar surface area (TPSA) is 343 Å². The van der Waals surface area contributed by atoms with Crippen molar-refractivity contribution < 1.29 is 73.4 Å². The highest BCUT2D eigenvalue weighted by Gasteiger charge is 2.46. The average Bonchev–Trinajstić information content (AvgIpc) is 3.48. The molecule has 430 valence electrons. The Morgan fingerprint density at radius 1 is 0.722 bits per heavy atom. The lowest BCUT2D eigenvalue weighted by Gasteiger charge is -2.43. The molecule has 7 unspecified atom stereocenters. The van der Waals surface area contributed by atoms with Gasteiger partial charge in [0, 0.05) is 39.5 Å². The highest BCUT2D eigenvalue weighted by molar-refractivity contribution is 5.99. The lowest BCUT2D eigenvalue weighted by atomic mass is 9.95. The Labute approximate surface area is 459 Å². The van der Waals surface area contributed by atoms with E-state index in [0.29, 0.717) is 23.1 Å².